The molecule has 0 spiro atoms. The molecule has 2 amide bonds. The third-order valence-corrected chi connectivity index (χ3v) is 1.94. The van der Waals surface area contributed by atoms with Crippen LogP contribution in [0.5, 0.6) is 0 Å². The van der Waals surface area contributed by atoms with E-state index in [1.54, 1.807) is 20.8 Å². The van der Waals surface area contributed by atoms with E-state index in [-0.39, 0.29) is 25.0 Å². The van der Waals surface area contributed by atoms with Crippen molar-refractivity contribution in [1.82, 2.24) is 4.90 Å². The van der Waals surface area contributed by atoms with Crippen LogP contribution in [0.3, 0.4) is 0 Å². The Labute approximate surface area is 103 Å². The van der Waals surface area contributed by atoms with E-state index in [1.807, 2.05) is 13.8 Å². The average Bonchev–Trinajstić information content (AvgIpc) is 2.11. The lowest BCUT2D eigenvalue weighted by atomic mass is 10.1. The monoisotopic (exact) mass is 244 g/mol. The van der Waals surface area contributed by atoms with Gasteiger partial charge >= 0.3 is 6.09 Å². The van der Waals surface area contributed by atoms with Crippen LogP contribution in [0.4, 0.5) is 4.79 Å². The Kier molecular flexibility index (Phi) is 6.16. The molecule has 0 aromatic rings. The van der Waals surface area contributed by atoms with Gasteiger partial charge in [-0.05, 0) is 26.7 Å². The number of nitrogens with zero attached hydrogens (tertiary/aromatic N) is 1. The highest BCUT2D eigenvalue weighted by Gasteiger charge is 2.28. The Hall–Kier alpha value is -1.10. The molecule has 0 atom stereocenters. The van der Waals surface area contributed by atoms with Gasteiger partial charge in [-0.3, -0.25) is 4.79 Å². The standard InChI is InChI=1S/C12H24N2O3/c1-6-17-11(16)14(8-12(4,5)13)10(15)7-9(2)3/h9H,6-8,13H2,1-5H3. The highest BCUT2D eigenvalue weighted by molar-refractivity contribution is 5.92. The minimum absolute atomic E-state index is 0.164. The summed E-state index contributed by atoms with van der Waals surface area (Å²) in [5.74, 6) is -0.0442. The SMILES string of the molecule is CCOC(=O)N(CC(C)(C)N)C(=O)CC(C)C. The largest absolute Gasteiger partial charge is 0.449 e. The normalized spacial score (nSPS) is 11.5. The predicted octanol–water partition coefficient (Wildman–Crippen LogP) is 1.75. The van der Waals surface area contributed by atoms with Crippen LogP contribution in [0.25, 0.3) is 0 Å². The Morgan fingerprint density at radius 3 is 2.24 bits per heavy atom. The molecule has 0 unspecified atom stereocenters. The maximum atomic E-state index is 11.9. The summed E-state index contributed by atoms with van der Waals surface area (Å²) in [5.41, 5.74) is 5.21. The maximum Gasteiger partial charge on any atom is 0.416 e. The summed E-state index contributed by atoms with van der Waals surface area (Å²) in [6, 6.07) is 0. The summed E-state index contributed by atoms with van der Waals surface area (Å²) in [6.45, 7) is 9.50. The van der Waals surface area contributed by atoms with Crippen LogP contribution in [0.1, 0.15) is 41.0 Å². The third-order valence-electron chi connectivity index (χ3n) is 1.94. The molecule has 0 aromatic heterocycles. The Bertz CT molecular complexity index is 269. The zero-order valence-electron chi connectivity index (χ0n) is 11.4. The van der Waals surface area contributed by atoms with Gasteiger partial charge in [-0.15, -0.1) is 0 Å². The number of rotatable bonds is 5. The second-order valence-corrected chi connectivity index (χ2v) is 5.27. The number of imide groups is 1. The molecule has 0 rings (SSSR count). The first-order valence-corrected chi connectivity index (χ1v) is 5.93. The van der Waals surface area contributed by atoms with Crippen molar-refractivity contribution in [3.63, 3.8) is 0 Å². The molecule has 0 aliphatic heterocycles. The molecule has 5 heteroatoms. The number of carbonyl (C=O) groups excluding carboxylic acids is 2. The van der Waals surface area contributed by atoms with Crippen LogP contribution in [-0.2, 0) is 9.53 Å². The summed E-state index contributed by atoms with van der Waals surface area (Å²) in [7, 11) is 0. The molecular formula is C12H24N2O3. The lowest BCUT2D eigenvalue weighted by Crippen LogP contribution is -2.50. The molecule has 0 radical (unpaired) electrons. The summed E-state index contributed by atoms with van der Waals surface area (Å²) in [6.07, 6.45) is -0.300. The number of amides is 2. The summed E-state index contributed by atoms with van der Waals surface area (Å²) in [5, 5.41) is 0. The van der Waals surface area contributed by atoms with Crippen molar-refractivity contribution in [2.24, 2.45) is 11.7 Å². The van der Waals surface area contributed by atoms with E-state index in [2.05, 4.69) is 0 Å². The van der Waals surface area contributed by atoms with Gasteiger partial charge in [0.2, 0.25) is 5.91 Å². The van der Waals surface area contributed by atoms with Crippen LogP contribution in [-0.4, -0.2) is 35.6 Å². The smallest absolute Gasteiger partial charge is 0.416 e. The van der Waals surface area contributed by atoms with E-state index in [1.165, 1.54) is 0 Å². The van der Waals surface area contributed by atoms with Gasteiger partial charge in [0, 0.05) is 18.5 Å². The first kappa shape index (κ1) is 15.9. The fraction of sp³-hybridized carbons (Fsp3) is 0.833. The summed E-state index contributed by atoms with van der Waals surface area (Å²) < 4.78 is 4.86. The van der Waals surface area contributed by atoms with Crippen molar-refractivity contribution in [1.29, 1.82) is 0 Å². The number of carbonyl (C=O) groups is 2. The molecular weight excluding hydrogens is 220 g/mol. The maximum absolute atomic E-state index is 11.9. The number of hydrogen-bond donors (Lipinski definition) is 1. The van der Waals surface area contributed by atoms with Gasteiger partial charge in [-0.25, -0.2) is 9.69 Å². The number of ether oxygens (including phenoxy) is 1. The Morgan fingerprint density at radius 2 is 1.88 bits per heavy atom. The van der Waals surface area contributed by atoms with E-state index >= 15 is 0 Å². The van der Waals surface area contributed by atoms with Gasteiger partial charge in [-0.2, -0.15) is 0 Å². The molecule has 0 bridgehead atoms. The van der Waals surface area contributed by atoms with Gasteiger partial charge in [0.1, 0.15) is 0 Å². The van der Waals surface area contributed by atoms with Crippen LogP contribution in [0.2, 0.25) is 0 Å². The molecule has 17 heavy (non-hydrogen) atoms. The lowest BCUT2D eigenvalue weighted by Gasteiger charge is -2.28. The predicted molar refractivity (Wildman–Crippen MR) is 66.5 cm³/mol. The van der Waals surface area contributed by atoms with Crippen molar-refractivity contribution in [3.8, 4) is 0 Å². The minimum Gasteiger partial charge on any atom is -0.449 e. The molecule has 0 aliphatic carbocycles. The topological polar surface area (TPSA) is 72.6 Å². The van der Waals surface area contributed by atoms with E-state index < -0.39 is 11.6 Å². The quantitative estimate of drug-likeness (QED) is 0.799. The van der Waals surface area contributed by atoms with E-state index in [0.29, 0.717) is 6.42 Å². The molecule has 100 valence electrons. The zero-order valence-corrected chi connectivity index (χ0v) is 11.4. The second-order valence-electron chi connectivity index (χ2n) is 5.27. The summed E-state index contributed by atoms with van der Waals surface area (Å²) >= 11 is 0. The lowest BCUT2D eigenvalue weighted by molar-refractivity contribution is -0.130. The summed E-state index contributed by atoms with van der Waals surface area (Å²) in [4.78, 5) is 24.7. The third kappa shape index (κ3) is 6.94. The first-order valence-electron chi connectivity index (χ1n) is 5.93. The van der Waals surface area contributed by atoms with Gasteiger partial charge in [0.05, 0.1) is 6.61 Å². The molecule has 0 saturated carbocycles. The van der Waals surface area contributed by atoms with E-state index in [4.69, 9.17) is 10.5 Å². The average molecular weight is 244 g/mol. The number of hydrogen-bond acceptors (Lipinski definition) is 4. The van der Waals surface area contributed by atoms with E-state index in [9.17, 15) is 9.59 Å². The molecule has 0 aliphatic rings. The zero-order chi connectivity index (χ0) is 13.6. The molecule has 0 saturated heterocycles. The van der Waals surface area contributed by atoms with Gasteiger partial charge < -0.3 is 10.5 Å². The fourth-order valence-corrected chi connectivity index (χ4v) is 1.32. The molecule has 0 fully saturated rings. The van der Waals surface area contributed by atoms with Crippen LogP contribution < -0.4 is 5.73 Å². The highest BCUT2D eigenvalue weighted by atomic mass is 16.6. The second kappa shape index (κ2) is 6.59. The minimum atomic E-state index is -0.626. The number of nitrogens with two attached hydrogens (primary N) is 1. The molecule has 2 N–H and O–H groups in total. The first-order chi connectivity index (χ1) is 7.67. The Morgan fingerprint density at radius 1 is 1.35 bits per heavy atom. The highest BCUT2D eigenvalue weighted by Crippen LogP contribution is 2.10. The van der Waals surface area contributed by atoms with Crippen LogP contribution >= 0.6 is 0 Å². The molecule has 0 aromatic carbocycles. The van der Waals surface area contributed by atoms with Gasteiger partial charge in [-0.1, -0.05) is 13.8 Å². The molecule has 0 heterocycles. The molecule has 5 nitrogen and oxygen atoms in total. The fourth-order valence-electron chi connectivity index (χ4n) is 1.32. The van der Waals surface area contributed by atoms with Gasteiger partial charge in [0.15, 0.2) is 0 Å². The van der Waals surface area contributed by atoms with Crippen LogP contribution in [0, 0.1) is 5.92 Å². The van der Waals surface area contributed by atoms with E-state index in [0.717, 1.165) is 4.90 Å². The van der Waals surface area contributed by atoms with Crippen LogP contribution in [0.15, 0.2) is 0 Å². The van der Waals surface area contributed by atoms with Crippen molar-refractivity contribution < 1.29 is 14.3 Å². The van der Waals surface area contributed by atoms with Crippen molar-refractivity contribution >= 4 is 12.0 Å². The Balaban J connectivity index is 4.72. The van der Waals surface area contributed by atoms with Crippen molar-refractivity contribution in [3.05, 3.63) is 0 Å². The van der Waals surface area contributed by atoms with Crippen molar-refractivity contribution in [2.45, 2.75) is 46.6 Å². The van der Waals surface area contributed by atoms with Gasteiger partial charge in [0.25, 0.3) is 0 Å². The van der Waals surface area contributed by atoms with Crippen molar-refractivity contribution in [2.75, 3.05) is 13.2 Å².